The van der Waals surface area contributed by atoms with E-state index in [9.17, 15) is 4.79 Å². The molecule has 2 aliphatic carbocycles. The normalized spacial score (nSPS) is 47.8. The molecular formula is C8H12O. The summed E-state index contributed by atoms with van der Waals surface area (Å²) in [6, 6.07) is 0. The highest BCUT2D eigenvalue weighted by atomic mass is 16.1. The number of aldehydes is 1. The lowest BCUT2D eigenvalue weighted by Crippen LogP contribution is -2.10. The van der Waals surface area contributed by atoms with Gasteiger partial charge < -0.3 is 4.79 Å². The lowest BCUT2D eigenvalue weighted by molar-refractivity contribution is -0.112. The Morgan fingerprint density at radius 2 is 2.11 bits per heavy atom. The molecule has 2 fully saturated rings. The molecule has 0 N–H and O–H groups in total. The van der Waals surface area contributed by atoms with Gasteiger partial charge in [-0.3, -0.25) is 0 Å². The van der Waals surface area contributed by atoms with Crippen LogP contribution < -0.4 is 0 Å². The van der Waals surface area contributed by atoms with Crippen LogP contribution in [0.4, 0.5) is 0 Å². The maximum absolute atomic E-state index is 10.4. The predicted molar refractivity (Wildman–Crippen MR) is 35.0 cm³/mol. The van der Waals surface area contributed by atoms with E-state index in [0.29, 0.717) is 5.92 Å². The molecule has 0 aromatic heterocycles. The Kier molecular flexibility index (Phi) is 1.11. The number of carbonyl (C=O) groups excluding carboxylic acids is 1. The van der Waals surface area contributed by atoms with Crippen molar-refractivity contribution in [1.29, 1.82) is 0 Å². The van der Waals surface area contributed by atoms with Gasteiger partial charge in [-0.1, -0.05) is 6.42 Å². The van der Waals surface area contributed by atoms with Crippen molar-refractivity contribution in [2.45, 2.75) is 25.7 Å². The highest BCUT2D eigenvalue weighted by molar-refractivity contribution is 5.55. The van der Waals surface area contributed by atoms with Crippen molar-refractivity contribution in [2.24, 2.45) is 17.8 Å². The maximum atomic E-state index is 10.4. The lowest BCUT2D eigenvalue weighted by Gasteiger charge is -2.14. The summed E-state index contributed by atoms with van der Waals surface area (Å²) >= 11 is 0. The van der Waals surface area contributed by atoms with Gasteiger partial charge in [-0.15, -0.1) is 0 Å². The summed E-state index contributed by atoms with van der Waals surface area (Å²) in [5.74, 6) is 2.15. The second-order valence-corrected chi connectivity index (χ2v) is 3.47. The largest absolute Gasteiger partial charge is 0.303 e. The molecule has 2 rings (SSSR count). The number of hydrogen-bond acceptors (Lipinski definition) is 1. The smallest absolute Gasteiger partial charge is 0.123 e. The fourth-order valence-corrected chi connectivity index (χ4v) is 2.46. The van der Waals surface area contributed by atoms with Crippen LogP contribution in [-0.2, 0) is 4.79 Å². The van der Waals surface area contributed by atoms with Crippen molar-refractivity contribution in [3.63, 3.8) is 0 Å². The van der Waals surface area contributed by atoms with Gasteiger partial charge in [0.05, 0.1) is 0 Å². The van der Waals surface area contributed by atoms with Gasteiger partial charge in [0, 0.05) is 5.92 Å². The van der Waals surface area contributed by atoms with Crippen molar-refractivity contribution >= 4 is 6.29 Å². The summed E-state index contributed by atoms with van der Waals surface area (Å²) in [5, 5.41) is 0. The molecule has 2 saturated carbocycles. The molecule has 1 nitrogen and oxygen atoms in total. The predicted octanol–water partition coefficient (Wildman–Crippen LogP) is 1.62. The molecule has 0 spiro atoms. The van der Waals surface area contributed by atoms with E-state index in [0.717, 1.165) is 11.8 Å². The summed E-state index contributed by atoms with van der Waals surface area (Å²) in [7, 11) is 0. The first kappa shape index (κ1) is 5.45. The van der Waals surface area contributed by atoms with Gasteiger partial charge in [0.15, 0.2) is 0 Å². The van der Waals surface area contributed by atoms with Crippen LogP contribution in [0.1, 0.15) is 25.7 Å². The van der Waals surface area contributed by atoms with Gasteiger partial charge in [0.1, 0.15) is 6.29 Å². The molecule has 1 heteroatoms. The van der Waals surface area contributed by atoms with E-state index in [1.54, 1.807) is 0 Å². The lowest BCUT2D eigenvalue weighted by atomic mass is 9.90. The summed E-state index contributed by atoms with van der Waals surface area (Å²) < 4.78 is 0. The van der Waals surface area contributed by atoms with Gasteiger partial charge in [-0.2, -0.15) is 0 Å². The fraction of sp³-hybridized carbons (Fsp3) is 0.875. The third kappa shape index (κ3) is 0.707. The van der Waals surface area contributed by atoms with E-state index >= 15 is 0 Å². The van der Waals surface area contributed by atoms with Gasteiger partial charge in [0.25, 0.3) is 0 Å². The Bertz CT molecular complexity index is 131. The zero-order chi connectivity index (χ0) is 6.27. The van der Waals surface area contributed by atoms with Crippen LogP contribution in [0.5, 0.6) is 0 Å². The molecule has 3 atom stereocenters. The van der Waals surface area contributed by atoms with E-state index in [2.05, 4.69) is 0 Å². The molecule has 2 aliphatic rings. The number of carbonyl (C=O) groups is 1. The Labute approximate surface area is 55.4 Å². The number of hydrogen-bond donors (Lipinski definition) is 0. The molecule has 0 aromatic rings. The van der Waals surface area contributed by atoms with Crippen LogP contribution in [-0.4, -0.2) is 6.29 Å². The minimum Gasteiger partial charge on any atom is -0.303 e. The first-order chi connectivity index (χ1) is 4.40. The summed E-state index contributed by atoms with van der Waals surface area (Å²) in [4.78, 5) is 10.4. The summed E-state index contributed by atoms with van der Waals surface area (Å²) in [6.07, 6.45) is 6.45. The second kappa shape index (κ2) is 1.83. The van der Waals surface area contributed by atoms with Crippen LogP contribution in [0.25, 0.3) is 0 Å². The van der Waals surface area contributed by atoms with E-state index < -0.39 is 0 Å². The molecule has 0 amide bonds. The van der Waals surface area contributed by atoms with Gasteiger partial charge in [-0.05, 0) is 31.1 Å². The molecular weight excluding hydrogens is 112 g/mol. The number of rotatable bonds is 1. The summed E-state index contributed by atoms with van der Waals surface area (Å²) in [6.45, 7) is 0. The van der Waals surface area contributed by atoms with Crippen LogP contribution in [0.15, 0.2) is 0 Å². The zero-order valence-electron chi connectivity index (χ0n) is 5.55. The molecule has 0 radical (unpaired) electrons. The maximum Gasteiger partial charge on any atom is 0.123 e. The van der Waals surface area contributed by atoms with Crippen molar-refractivity contribution in [3.8, 4) is 0 Å². The van der Waals surface area contributed by atoms with Crippen molar-refractivity contribution in [2.75, 3.05) is 0 Å². The molecule has 2 bridgehead atoms. The molecule has 0 aromatic carbocycles. The monoisotopic (exact) mass is 124 g/mol. The van der Waals surface area contributed by atoms with Gasteiger partial charge in [0.2, 0.25) is 0 Å². The van der Waals surface area contributed by atoms with E-state index in [1.165, 1.54) is 32.0 Å². The van der Waals surface area contributed by atoms with Crippen LogP contribution in [0.2, 0.25) is 0 Å². The second-order valence-electron chi connectivity index (χ2n) is 3.47. The Morgan fingerprint density at radius 1 is 1.22 bits per heavy atom. The van der Waals surface area contributed by atoms with Gasteiger partial charge >= 0.3 is 0 Å². The van der Waals surface area contributed by atoms with E-state index in [4.69, 9.17) is 0 Å². The minimum atomic E-state index is 0.448. The highest BCUT2D eigenvalue weighted by Gasteiger charge is 2.38. The molecule has 0 aliphatic heterocycles. The van der Waals surface area contributed by atoms with E-state index in [1.807, 2.05) is 0 Å². The molecule has 50 valence electrons. The number of fused-ring (bicyclic) bond motifs is 2. The average molecular weight is 124 g/mol. The Morgan fingerprint density at radius 3 is 2.44 bits per heavy atom. The highest BCUT2D eigenvalue weighted by Crippen LogP contribution is 2.47. The van der Waals surface area contributed by atoms with Crippen LogP contribution in [0.3, 0.4) is 0 Å². The standard InChI is InChI=1S/C8H12O/c9-5-8-4-6-1-2-7(8)3-6/h5-8H,1-4H2/t6-,7-,8-/m1/s1. The SMILES string of the molecule is O=C[C@H]1C[C@@H]2CC[C@@H]1C2. The molecule has 9 heavy (non-hydrogen) atoms. The van der Waals surface area contributed by atoms with Crippen LogP contribution >= 0.6 is 0 Å². The fourth-order valence-electron chi connectivity index (χ4n) is 2.46. The molecule has 0 unspecified atom stereocenters. The van der Waals surface area contributed by atoms with Crippen molar-refractivity contribution < 1.29 is 4.79 Å². The van der Waals surface area contributed by atoms with Crippen molar-refractivity contribution in [3.05, 3.63) is 0 Å². The van der Waals surface area contributed by atoms with Crippen LogP contribution in [0, 0.1) is 17.8 Å². The van der Waals surface area contributed by atoms with Gasteiger partial charge in [-0.25, -0.2) is 0 Å². The first-order valence-corrected chi connectivity index (χ1v) is 3.85. The Hall–Kier alpha value is -0.330. The third-order valence-electron chi connectivity index (χ3n) is 2.97. The first-order valence-electron chi connectivity index (χ1n) is 3.85. The topological polar surface area (TPSA) is 17.1 Å². The third-order valence-corrected chi connectivity index (χ3v) is 2.97. The quantitative estimate of drug-likeness (QED) is 0.485. The average Bonchev–Trinajstić information content (AvgIpc) is 2.45. The minimum absolute atomic E-state index is 0.448. The molecule has 0 heterocycles. The Balaban J connectivity index is 2.09. The summed E-state index contributed by atoms with van der Waals surface area (Å²) in [5.41, 5.74) is 0. The zero-order valence-corrected chi connectivity index (χ0v) is 5.55. The van der Waals surface area contributed by atoms with Crippen molar-refractivity contribution in [1.82, 2.24) is 0 Å². The van der Waals surface area contributed by atoms with E-state index in [-0.39, 0.29) is 0 Å². The molecule has 0 saturated heterocycles.